The van der Waals surface area contributed by atoms with Crippen LogP contribution in [0.3, 0.4) is 0 Å². The lowest BCUT2D eigenvalue weighted by Crippen LogP contribution is -2.45. The fourth-order valence-corrected chi connectivity index (χ4v) is 2.72. The van der Waals surface area contributed by atoms with Crippen LogP contribution in [0.2, 0.25) is 0 Å². The molecule has 1 aliphatic rings. The summed E-state index contributed by atoms with van der Waals surface area (Å²) in [4.78, 5) is 48.7. The smallest absolute Gasteiger partial charge is 0.257 e. The number of nitrogens with zero attached hydrogens (tertiary/aromatic N) is 1. The summed E-state index contributed by atoms with van der Waals surface area (Å²) < 4.78 is 0. The molecule has 0 aliphatic carbocycles. The van der Waals surface area contributed by atoms with Crippen molar-refractivity contribution in [1.82, 2.24) is 4.90 Å². The lowest BCUT2D eigenvalue weighted by molar-refractivity contribution is -0.144. The summed E-state index contributed by atoms with van der Waals surface area (Å²) in [5.74, 6) is -1.17. The molecule has 0 radical (unpaired) electrons. The Kier molecular flexibility index (Phi) is 5.85. The van der Waals surface area contributed by atoms with Gasteiger partial charge < -0.3 is 5.32 Å². The largest absolute Gasteiger partial charge is 0.326 e. The summed E-state index contributed by atoms with van der Waals surface area (Å²) >= 11 is 0. The highest BCUT2D eigenvalue weighted by molar-refractivity contribution is 6.17. The average molecular weight is 342 g/mol. The first-order valence-corrected chi connectivity index (χ1v) is 8.28. The van der Waals surface area contributed by atoms with E-state index in [1.54, 1.807) is 31.2 Å². The number of imide groups is 1. The second kappa shape index (κ2) is 7.88. The molecule has 6 nitrogen and oxygen atoms in total. The number of carbonyl (C=O) groups excluding carboxylic acids is 4. The summed E-state index contributed by atoms with van der Waals surface area (Å²) in [5.41, 5.74) is 1.82. The molecule has 0 fully saturated rings. The zero-order chi connectivity index (χ0) is 18.6. The van der Waals surface area contributed by atoms with Gasteiger partial charge in [0, 0.05) is 30.2 Å². The van der Waals surface area contributed by atoms with Gasteiger partial charge in [0.2, 0.25) is 5.91 Å². The zero-order valence-corrected chi connectivity index (χ0v) is 14.7. The third kappa shape index (κ3) is 4.41. The molecule has 0 bridgehead atoms. The molecule has 3 amide bonds. The molecule has 132 valence electrons. The zero-order valence-electron chi connectivity index (χ0n) is 14.7. The van der Waals surface area contributed by atoms with Crippen LogP contribution in [0.5, 0.6) is 0 Å². The Morgan fingerprint density at radius 2 is 1.80 bits per heavy atom. The molecule has 1 heterocycles. The van der Waals surface area contributed by atoms with Crippen molar-refractivity contribution >= 4 is 29.2 Å². The van der Waals surface area contributed by atoms with Crippen LogP contribution in [-0.2, 0) is 25.6 Å². The Morgan fingerprint density at radius 3 is 2.28 bits per heavy atom. The van der Waals surface area contributed by atoms with Crippen LogP contribution >= 0.6 is 0 Å². The number of hydrogen-bond acceptors (Lipinski definition) is 4. The van der Waals surface area contributed by atoms with Gasteiger partial charge in [-0.1, -0.05) is 19.1 Å². The van der Waals surface area contributed by atoms with Crippen molar-refractivity contribution in [3.63, 3.8) is 0 Å². The topological polar surface area (TPSA) is 83.6 Å². The molecule has 0 unspecified atom stereocenters. The molecule has 0 spiro atoms. The van der Waals surface area contributed by atoms with Crippen LogP contribution in [0.4, 0.5) is 5.69 Å². The van der Waals surface area contributed by atoms with Crippen LogP contribution in [0.15, 0.2) is 35.9 Å². The van der Waals surface area contributed by atoms with Crippen molar-refractivity contribution in [1.29, 1.82) is 0 Å². The maximum Gasteiger partial charge on any atom is 0.257 e. The monoisotopic (exact) mass is 342 g/mol. The quantitative estimate of drug-likeness (QED) is 0.770. The van der Waals surface area contributed by atoms with E-state index in [4.69, 9.17) is 0 Å². The van der Waals surface area contributed by atoms with Crippen LogP contribution in [0.1, 0.15) is 39.2 Å². The van der Waals surface area contributed by atoms with Crippen LogP contribution in [-0.4, -0.2) is 34.4 Å². The number of nitrogens with one attached hydrogen (secondary N) is 1. The number of rotatable bonds is 7. The Balaban J connectivity index is 2.10. The van der Waals surface area contributed by atoms with E-state index in [1.807, 2.05) is 6.92 Å². The van der Waals surface area contributed by atoms with Crippen molar-refractivity contribution in [3.05, 3.63) is 41.5 Å². The predicted molar refractivity (Wildman–Crippen MR) is 93.8 cm³/mol. The number of anilines is 1. The van der Waals surface area contributed by atoms with E-state index in [-0.39, 0.29) is 18.1 Å². The maximum atomic E-state index is 12.1. The van der Waals surface area contributed by atoms with Gasteiger partial charge in [0.05, 0.1) is 0 Å². The molecule has 0 saturated heterocycles. The summed E-state index contributed by atoms with van der Waals surface area (Å²) in [5, 5.41) is 2.79. The molecule has 1 N–H and O–H groups in total. The summed E-state index contributed by atoms with van der Waals surface area (Å²) in [6, 6.07) is 6.23. The van der Waals surface area contributed by atoms with Crippen molar-refractivity contribution in [2.75, 3.05) is 5.32 Å². The highest BCUT2D eigenvalue weighted by Gasteiger charge is 2.36. The molecular formula is C19H22N2O4. The first kappa shape index (κ1) is 18.6. The van der Waals surface area contributed by atoms with Gasteiger partial charge in [-0.3, -0.25) is 24.1 Å². The Bertz CT molecular complexity index is 734. The third-order valence-corrected chi connectivity index (χ3v) is 4.06. The van der Waals surface area contributed by atoms with Gasteiger partial charge in [-0.2, -0.15) is 0 Å². The van der Waals surface area contributed by atoms with Gasteiger partial charge in [0.25, 0.3) is 11.8 Å². The molecule has 0 saturated carbocycles. The third-order valence-electron chi connectivity index (χ3n) is 4.06. The normalized spacial score (nSPS) is 15.2. The molecule has 1 aromatic carbocycles. The predicted octanol–water partition coefficient (Wildman–Crippen LogP) is 2.24. The average Bonchev–Trinajstić information content (AvgIpc) is 2.79. The second-order valence-electron chi connectivity index (χ2n) is 6.17. The first-order valence-electron chi connectivity index (χ1n) is 8.28. The lowest BCUT2D eigenvalue weighted by atomic mass is 10.0. The minimum atomic E-state index is -0.825. The van der Waals surface area contributed by atoms with Crippen LogP contribution in [0.25, 0.3) is 0 Å². The van der Waals surface area contributed by atoms with E-state index in [0.717, 1.165) is 16.9 Å². The van der Waals surface area contributed by atoms with E-state index in [0.29, 0.717) is 17.7 Å². The Morgan fingerprint density at radius 1 is 1.16 bits per heavy atom. The van der Waals surface area contributed by atoms with Gasteiger partial charge in [-0.25, -0.2) is 0 Å². The Labute approximate surface area is 146 Å². The number of ketones is 1. The number of Topliss-reactive ketones (excluding diaryl/α,β-unsaturated/α-hetero) is 1. The highest BCUT2D eigenvalue weighted by Crippen LogP contribution is 2.20. The maximum absolute atomic E-state index is 12.1. The molecule has 25 heavy (non-hydrogen) atoms. The van der Waals surface area contributed by atoms with Crippen LogP contribution in [0, 0.1) is 0 Å². The molecule has 6 heteroatoms. The van der Waals surface area contributed by atoms with Crippen LogP contribution < -0.4 is 5.32 Å². The minimum absolute atomic E-state index is 0.0494. The summed E-state index contributed by atoms with van der Waals surface area (Å²) in [6.45, 7) is 4.87. The van der Waals surface area contributed by atoms with E-state index in [9.17, 15) is 19.2 Å². The highest BCUT2D eigenvalue weighted by atomic mass is 16.2. The number of amides is 3. The fourth-order valence-electron chi connectivity index (χ4n) is 2.72. The van der Waals surface area contributed by atoms with Crippen molar-refractivity contribution in [2.45, 2.75) is 46.1 Å². The van der Waals surface area contributed by atoms with E-state index in [1.165, 1.54) is 13.0 Å². The van der Waals surface area contributed by atoms with Gasteiger partial charge in [-0.15, -0.1) is 0 Å². The Hall–Kier alpha value is -2.76. The van der Waals surface area contributed by atoms with Gasteiger partial charge in [-0.05, 0) is 38.0 Å². The van der Waals surface area contributed by atoms with E-state index < -0.39 is 17.9 Å². The molecule has 1 aliphatic heterocycles. The first-order chi connectivity index (χ1) is 11.8. The SMILES string of the molecule is CCCC(=O)Nc1ccc(C[C@@H](C(C)=O)N2C(=O)C=C(C)C2=O)cc1. The number of benzene rings is 1. The van der Waals surface area contributed by atoms with E-state index in [2.05, 4.69) is 5.32 Å². The van der Waals surface area contributed by atoms with Gasteiger partial charge >= 0.3 is 0 Å². The summed E-state index contributed by atoms with van der Waals surface area (Å²) in [7, 11) is 0. The van der Waals surface area contributed by atoms with Crippen molar-refractivity contribution in [2.24, 2.45) is 0 Å². The van der Waals surface area contributed by atoms with Crippen molar-refractivity contribution < 1.29 is 19.2 Å². The number of hydrogen-bond donors (Lipinski definition) is 1. The molecule has 1 aromatic rings. The van der Waals surface area contributed by atoms with E-state index >= 15 is 0 Å². The minimum Gasteiger partial charge on any atom is -0.326 e. The summed E-state index contributed by atoms with van der Waals surface area (Å²) in [6.07, 6.45) is 2.73. The number of carbonyl (C=O) groups is 4. The standard InChI is InChI=1S/C19H22N2O4/c1-4-5-17(23)20-15-8-6-14(7-9-15)11-16(13(3)22)21-18(24)10-12(2)19(21)25/h6-10,16H,4-5,11H2,1-3H3,(H,20,23)/t16-/m0/s1. The van der Waals surface area contributed by atoms with Gasteiger partial charge in [0.1, 0.15) is 6.04 Å². The van der Waals surface area contributed by atoms with Gasteiger partial charge in [0.15, 0.2) is 5.78 Å². The molecule has 2 rings (SSSR count). The molecular weight excluding hydrogens is 320 g/mol. The lowest BCUT2D eigenvalue weighted by Gasteiger charge is -2.24. The molecule has 1 atom stereocenters. The molecule has 0 aromatic heterocycles. The second-order valence-corrected chi connectivity index (χ2v) is 6.17. The van der Waals surface area contributed by atoms with Crippen molar-refractivity contribution in [3.8, 4) is 0 Å². The fraction of sp³-hybridized carbons (Fsp3) is 0.368.